The highest BCUT2D eigenvalue weighted by molar-refractivity contribution is 5.68. The average molecular weight is 321 g/mol. The summed E-state index contributed by atoms with van der Waals surface area (Å²) in [5, 5.41) is 9.93. The number of rotatable bonds is 2. The lowest BCUT2D eigenvalue weighted by molar-refractivity contribution is 0.0203. The molecule has 1 N–H and O–H groups in total. The molecule has 1 atom stereocenters. The number of likely N-dealkylation sites (tertiary alicyclic amines) is 1. The van der Waals surface area contributed by atoms with Crippen LogP contribution >= 0.6 is 0 Å². The zero-order valence-corrected chi connectivity index (χ0v) is 14.7. The molecule has 1 amide bonds. The third kappa shape index (κ3) is 4.64. The van der Waals surface area contributed by atoms with E-state index in [0.717, 1.165) is 24.1 Å². The van der Waals surface area contributed by atoms with E-state index in [-0.39, 0.29) is 12.0 Å². The number of hydrogen-bond donors (Lipinski definition) is 1. The molecule has 0 bridgehead atoms. The Morgan fingerprint density at radius 1 is 1.39 bits per heavy atom. The minimum atomic E-state index is -0.588. The summed E-state index contributed by atoms with van der Waals surface area (Å²) in [5.74, 6) is 0.943. The number of aromatic nitrogens is 2. The predicted octanol–water partition coefficient (Wildman–Crippen LogP) is 2.95. The molecule has 128 valence electrons. The van der Waals surface area contributed by atoms with E-state index >= 15 is 0 Å². The number of aliphatic hydroxyl groups excluding tert-OH is 1. The van der Waals surface area contributed by atoms with Crippen LogP contribution in [-0.4, -0.2) is 44.8 Å². The molecule has 0 radical (unpaired) electrons. The van der Waals surface area contributed by atoms with E-state index in [4.69, 9.17) is 4.74 Å². The Labute approximate surface area is 137 Å². The van der Waals surface area contributed by atoms with Crippen LogP contribution in [0.5, 0.6) is 0 Å². The molecule has 1 aliphatic rings. The first-order valence-corrected chi connectivity index (χ1v) is 8.17. The van der Waals surface area contributed by atoms with Gasteiger partial charge in [-0.2, -0.15) is 0 Å². The van der Waals surface area contributed by atoms with E-state index in [0.29, 0.717) is 18.9 Å². The smallest absolute Gasteiger partial charge is 0.410 e. The van der Waals surface area contributed by atoms with Gasteiger partial charge in [-0.1, -0.05) is 0 Å². The molecular formula is C17H27N3O3. The van der Waals surface area contributed by atoms with Crippen molar-refractivity contribution in [1.29, 1.82) is 0 Å². The van der Waals surface area contributed by atoms with Crippen LogP contribution in [0.1, 0.15) is 69.6 Å². The van der Waals surface area contributed by atoms with E-state index < -0.39 is 11.7 Å². The number of hydrogen-bond acceptors (Lipinski definition) is 5. The Morgan fingerprint density at radius 3 is 2.52 bits per heavy atom. The van der Waals surface area contributed by atoms with Gasteiger partial charge < -0.3 is 14.7 Å². The number of ether oxygens (including phenoxy) is 1. The topological polar surface area (TPSA) is 75.6 Å². The van der Waals surface area contributed by atoms with Gasteiger partial charge in [0.05, 0.1) is 11.8 Å². The molecule has 0 aliphatic carbocycles. The SMILES string of the molecule is Cc1ncc(C(C)O)c(C2CCN(C(=O)OC(C)(C)C)CC2)n1. The standard InChI is InChI=1S/C17H27N3O3/c1-11(21)14-10-18-12(2)19-15(14)13-6-8-20(9-7-13)16(22)23-17(3,4)5/h10-11,13,21H,6-9H2,1-5H3. The lowest BCUT2D eigenvalue weighted by Gasteiger charge is -2.34. The summed E-state index contributed by atoms with van der Waals surface area (Å²) in [7, 11) is 0. The minimum absolute atomic E-state index is 0.236. The molecular weight excluding hydrogens is 294 g/mol. The average Bonchev–Trinajstić information content (AvgIpc) is 2.45. The van der Waals surface area contributed by atoms with Gasteiger partial charge in [-0.3, -0.25) is 0 Å². The van der Waals surface area contributed by atoms with Gasteiger partial charge in [0.2, 0.25) is 0 Å². The molecule has 23 heavy (non-hydrogen) atoms. The van der Waals surface area contributed by atoms with Crippen molar-refractivity contribution in [2.75, 3.05) is 13.1 Å². The molecule has 0 spiro atoms. The highest BCUT2D eigenvalue weighted by Crippen LogP contribution is 2.31. The fourth-order valence-electron chi connectivity index (χ4n) is 2.81. The van der Waals surface area contributed by atoms with E-state index in [1.54, 1.807) is 18.0 Å². The van der Waals surface area contributed by atoms with Crippen LogP contribution in [0.3, 0.4) is 0 Å². The lowest BCUT2D eigenvalue weighted by atomic mass is 9.90. The highest BCUT2D eigenvalue weighted by Gasteiger charge is 2.29. The summed E-state index contributed by atoms with van der Waals surface area (Å²) in [4.78, 5) is 22.6. The first kappa shape index (κ1) is 17.7. The van der Waals surface area contributed by atoms with Crippen molar-refractivity contribution in [3.63, 3.8) is 0 Å². The first-order valence-electron chi connectivity index (χ1n) is 8.17. The number of amides is 1. The molecule has 1 unspecified atom stereocenters. The molecule has 2 heterocycles. The molecule has 6 nitrogen and oxygen atoms in total. The van der Waals surface area contributed by atoms with Crippen LogP contribution < -0.4 is 0 Å². The zero-order valence-electron chi connectivity index (χ0n) is 14.7. The minimum Gasteiger partial charge on any atom is -0.444 e. The van der Waals surface area contributed by atoms with Crippen LogP contribution in [0.25, 0.3) is 0 Å². The van der Waals surface area contributed by atoms with Crippen molar-refractivity contribution >= 4 is 6.09 Å². The lowest BCUT2D eigenvalue weighted by Crippen LogP contribution is -2.41. The summed E-state index contributed by atoms with van der Waals surface area (Å²) in [6.45, 7) is 10.5. The second kappa shape index (κ2) is 6.83. The number of piperidine rings is 1. The second-order valence-electron chi connectivity index (χ2n) is 7.18. The quantitative estimate of drug-likeness (QED) is 0.906. The third-order valence-corrected chi connectivity index (χ3v) is 3.95. The molecule has 1 aromatic heterocycles. The Morgan fingerprint density at radius 2 is 2.00 bits per heavy atom. The number of aryl methyl sites for hydroxylation is 1. The largest absolute Gasteiger partial charge is 0.444 e. The van der Waals surface area contributed by atoms with Crippen LogP contribution in [-0.2, 0) is 4.74 Å². The van der Waals surface area contributed by atoms with Crippen molar-refractivity contribution in [1.82, 2.24) is 14.9 Å². The van der Waals surface area contributed by atoms with E-state index in [1.165, 1.54) is 0 Å². The van der Waals surface area contributed by atoms with Crippen molar-refractivity contribution < 1.29 is 14.6 Å². The van der Waals surface area contributed by atoms with Crippen LogP contribution in [0.2, 0.25) is 0 Å². The molecule has 0 saturated carbocycles. The maximum absolute atomic E-state index is 12.1. The number of aliphatic hydroxyl groups is 1. The Kier molecular flexibility index (Phi) is 5.24. The maximum Gasteiger partial charge on any atom is 0.410 e. The normalized spacial score (nSPS) is 17.9. The molecule has 1 saturated heterocycles. The van der Waals surface area contributed by atoms with Gasteiger partial charge in [-0.15, -0.1) is 0 Å². The van der Waals surface area contributed by atoms with Crippen LogP contribution in [0, 0.1) is 6.92 Å². The van der Waals surface area contributed by atoms with Gasteiger partial charge in [0.25, 0.3) is 0 Å². The molecule has 1 aromatic rings. The summed E-state index contributed by atoms with van der Waals surface area (Å²) in [6, 6.07) is 0. The maximum atomic E-state index is 12.1. The Hall–Kier alpha value is -1.69. The van der Waals surface area contributed by atoms with Gasteiger partial charge in [0, 0.05) is 30.8 Å². The molecule has 2 rings (SSSR count). The van der Waals surface area contributed by atoms with E-state index in [2.05, 4.69) is 9.97 Å². The summed E-state index contributed by atoms with van der Waals surface area (Å²) in [5.41, 5.74) is 1.22. The number of carbonyl (C=O) groups excluding carboxylic acids is 1. The van der Waals surface area contributed by atoms with Crippen molar-refractivity contribution in [2.24, 2.45) is 0 Å². The van der Waals surface area contributed by atoms with Crippen molar-refractivity contribution in [3.05, 3.63) is 23.3 Å². The van der Waals surface area contributed by atoms with Gasteiger partial charge >= 0.3 is 6.09 Å². The van der Waals surface area contributed by atoms with E-state index in [9.17, 15) is 9.90 Å². The van der Waals surface area contributed by atoms with Crippen molar-refractivity contribution in [2.45, 2.75) is 65.1 Å². The molecule has 0 aromatic carbocycles. The van der Waals surface area contributed by atoms with Crippen LogP contribution in [0.15, 0.2) is 6.20 Å². The fraction of sp³-hybridized carbons (Fsp3) is 0.706. The van der Waals surface area contributed by atoms with Gasteiger partial charge in [-0.25, -0.2) is 14.8 Å². The highest BCUT2D eigenvalue weighted by atomic mass is 16.6. The van der Waals surface area contributed by atoms with Crippen molar-refractivity contribution in [3.8, 4) is 0 Å². The predicted molar refractivity (Wildman–Crippen MR) is 87.2 cm³/mol. The molecule has 6 heteroatoms. The molecule has 1 aliphatic heterocycles. The van der Waals surface area contributed by atoms with Gasteiger partial charge in [0.15, 0.2) is 0 Å². The monoisotopic (exact) mass is 321 g/mol. The third-order valence-electron chi connectivity index (χ3n) is 3.95. The summed E-state index contributed by atoms with van der Waals surface area (Å²) >= 11 is 0. The Bertz CT molecular complexity index is 559. The Balaban J connectivity index is 2.05. The number of nitrogens with zero attached hydrogens (tertiary/aromatic N) is 3. The van der Waals surface area contributed by atoms with Crippen LogP contribution in [0.4, 0.5) is 4.79 Å². The second-order valence-corrected chi connectivity index (χ2v) is 7.18. The summed E-state index contributed by atoms with van der Waals surface area (Å²) in [6.07, 6.45) is 2.49. The zero-order chi connectivity index (χ0) is 17.2. The first-order chi connectivity index (χ1) is 10.7. The van der Waals surface area contributed by atoms with Gasteiger partial charge in [-0.05, 0) is 47.5 Å². The summed E-state index contributed by atoms with van der Waals surface area (Å²) < 4.78 is 5.42. The number of carbonyl (C=O) groups is 1. The molecule has 1 fully saturated rings. The fourth-order valence-corrected chi connectivity index (χ4v) is 2.81. The van der Waals surface area contributed by atoms with Gasteiger partial charge in [0.1, 0.15) is 11.4 Å². The van der Waals surface area contributed by atoms with E-state index in [1.807, 2.05) is 27.7 Å².